The largest absolute Gasteiger partial charge is 0.349 e. The third-order valence-corrected chi connectivity index (χ3v) is 4.26. The lowest BCUT2D eigenvalue weighted by Crippen LogP contribution is -2.43. The molecule has 0 saturated carbocycles. The predicted octanol–water partition coefficient (Wildman–Crippen LogP) is 1.40. The van der Waals surface area contributed by atoms with Gasteiger partial charge in [0, 0.05) is 45.6 Å². The van der Waals surface area contributed by atoms with E-state index in [2.05, 4.69) is 0 Å². The van der Waals surface area contributed by atoms with Gasteiger partial charge >= 0.3 is 0 Å². The Kier molecular flexibility index (Phi) is 5.55. The monoisotopic (exact) mass is 303 g/mol. The maximum absolute atomic E-state index is 12.3. The maximum atomic E-state index is 12.3. The lowest BCUT2D eigenvalue weighted by Gasteiger charge is -2.33. The molecular formula is C17H25N3O2. The van der Waals surface area contributed by atoms with Gasteiger partial charge in [0.2, 0.25) is 11.8 Å². The molecule has 1 heterocycles. The van der Waals surface area contributed by atoms with Gasteiger partial charge in [0.25, 0.3) is 0 Å². The van der Waals surface area contributed by atoms with Gasteiger partial charge in [0.05, 0.1) is 0 Å². The fourth-order valence-electron chi connectivity index (χ4n) is 2.88. The van der Waals surface area contributed by atoms with Gasteiger partial charge in [-0.25, -0.2) is 0 Å². The second-order valence-corrected chi connectivity index (χ2v) is 6.11. The molecule has 1 aromatic rings. The van der Waals surface area contributed by atoms with Crippen molar-refractivity contribution in [2.45, 2.75) is 25.3 Å². The molecule has 0 bridgehead atoms. The molecule has 1 aliphatic rings. The molecule has 5 nitrogen and oxygen atoms in total. The number of carbonyl (C=O) groups is 2. The lowest BCUT2D eigenvalue weighted by atomic mass is 9.95. The minimum Gasteiger partial charge on any atom is -0.349 e. The van der Waals surface area contributed by atoms with E-state index in [0.29, 0.717) is 19.5 Å². The highest BCUT2D eigenvalue weighted by Crippen LogP contribution is 2.21. The summed E-state index contributed by atoms with van der Waals surface area (Å²) in [5, 5.41) is 0. The van der Waals surface area contributed by atoms with Crippen molar-refractivity contribution in [3.63, 3.8) is 0 Å². The molecule has 0 radical (unpaired) electrons. The Bertz CT molecular complexity index is 508. The highest BCUT2D eigenvalue weighted by molar-refractivity contribution is 5.80. The second kappa shape index (κ2) is 7.40. The topological polar surface area (TPSA) is 66.6 Å². The van der Waals surface area contributed by atoms with Crippen LogP contribution in [0.2, 0.25) is 0 Å². The van der Waals surface area contributed by atoms with E-state index < -0.39 is 0 Å². The van der Waals surface area contributed by atoms with Crippen LogP contribution >= 0.6 is 0 Å². The molecule has 1 saturated heterocycles. The van der Waals surface area contributed by atoms with Gasteiger partial charge in [0.1, 0.15) is 0 Å². The maximum Gasteiger partial charge on any atom is 0.225 e. The molecule has 2 N–H and O–H groups in total. The molecule has 0 aliphatic carbocycles. The van der Waals surface area contributed by atoms with Gasteiger partial charge < -0.3 is 15.5 Å². The van der Waals surface area contributed by atoms with Crippen LogP contribution in [0.4, 0.5) is 0 Å². The van der Waals surface area contributed by atoms with Crippen LogP contribution in [-0.4, -0.2) is 48.8 Å². The van der Waals surface area contributed by atoms with Crippen LogP contribution in [0.3, 0.4) is 0 Å². The average Bonchev–Trinajstić information content (AvgIpc) is 2.55. The van der Waals surface area contributed by atoms with Crippen LogP contribution in [-0.2, 0) is 9.59 Å². The molecule has 1 aromatic carbocycles. The van der Waals surface area contributed by atoms with Gasteiger partial charge in [-0.05, 0) is 18.4 Å². The van der Waals surface area contributed by atoms with Crippen molar-refractivity contribution >= 4 is 11.8 Å². The summed E-state index contributed by atoms with van der Waals surface area (Å²) in [6, 6.07) is 9.41. The Morgan fingerprint density at radius 3 is 2.36 bits per heavy atom. The highest BCUT2D eigenvalue weighted by atomic mass is 16.2. The van der Waals surface area contributed by atoms with Crippen LogP contribution in [0, 0.1) is 5.92 Å². The zero-order valence-electron chi connectivity index (χ0n) is 13.4. The number of nitrogens with two attached hydrogens (primary N) is 1. The summed E-state index contributed by atoms with van der Waals surface area (Å²) in [5.74, 6) is 0.280. The summed E-state index contributed by atoms with van der Waals surface area (Å²) in [6.45, 7) is 1.29. The molecule has 1 atom stereocenters. The van der Waals surface area contributed by atoms with Gasteiger partial charge in [-0.2, -0.15) is 0 Å². The number of amides is 2. The number of benzene rings is 1. The minimum absolute atomic E-state index is 0.0434. The Morgan fingerprint density at radius 2 is 1.82 bits per heavy atom. The molecule has 22 heavy (non-hydrogen) atoms. The smallest absolute Gasteiger partial charge is 0.225 e. The summed E-state index contributed by atoms with van der Waals surface area (Å²) in [7, 11) is 3.55. The quantitative estimate of drug-likeness (QED) is 0.914. The molecule has 2 rings (SSSR count). The van der Waals surface area contributed by atoms with Gasteiger partial charge in [0.15, 0.2) is 0 Å². The number of carbonyl (C=O) groups excluding carboxylic acids is 2. The number of piperidine rings is 1. The van der Waals surface area contributed by atoms with E-state index >= 15 is 0 Å². The van der Waals surface area contributed by atoms with E-state index in [1.807, 2.05) is 35.2 Å². The van der Waals surface area contributed by atoms with Crippen molar-refractivity contribution in [1.82, 2.24) is 9.80 Å². The summed E-state index contributed by atoms with van der Waals surface area (Å²) in [5.41, 5.74) is 7.09. The van der Waals surface area contributed by atoms with E-state index in [1.54, 1.807) is 19.0 Å². The van der Waals surface area contributed by atoms with Crippen LogP contribution in [0.5, 0.6) is 0 Å². The first-order valence-corrected chi connectivity index (χ1v) is 7.78. The SMILES string of the molecule is CN(C)C(=O)C1CCN(C(=O)CC(N)c2ccccc2)CC1. The molecule has 0 aromatic heterocycles. The van der Waals surface area contributed by atoms with Gasteiger partial charge in [-0.3, -0.25) is 9.59 Å². The van der Waals surface area contributed by atoms with Gasteiger partial charge in [-0.1, -0.05) is 30.3 Å². The first-order chi connectivity index (χ1) is 10.5. The van der Waals surface area contributed by atoms with E-state index in [4.69, 9.17) is 5.73 Å². The standard InChI is InChI=1S/C17H25N3O2/c1-19(2)17(22)14-8-10-20(11-9-14)16(21)12-15(18)13-6-4-3-5-7-13/h3-7,14-15H,8-12,18H2,1-2H3. The van der Waals surface area contributed by atoms with Crippen molar-refractivity contribution in [3.05, 3.63) is 35.9 Å². The Hall–Kier alpha value is -1.88. The third kappa shape index (κ3) is 4.07. The molecule has 2 amide bonds. The minimum atomic E-state index is -0.269. The van der Waals surface area contributed by atoms with Crippen molar-refractivity contribution in [2.24, 2.45) is 11.7 Å². The Balaban J connectivity index is 1.84. The normalized spacial score (nSPS) is 17.1. The molecular weight excluding hydrogens is 278 g/mol. The summed E-state index contributed by atoms with van der Waals surface area (Å²) < 4.78 is 0. The van der Waals surface area contributed by atoms with E-state index in [9.17, 15) is 9.59 Å². The fraction of sp³-hybridized carbons (Fsp3) is 0.529. The summed E-state index contributed by atoms with van der Waals surface area (Å²) in [4.78, 5) is 27.8. The first-order valence-electron chi connectivity index (χ1n) is 7.78. The van der Waals surface area contributed by atoms with Crippen molar-refractivity contribution in [2.75, 3.05) is 27.2 Å². The highest BCUT2D eigenvalue weighted by Gasteiger charge is 2.28. The zero-order chi connectivity index (χ0) is 16.1. The van der Waals surface area contributed by atoms with Crippen molar-refractivity contribution in [1.29, 1.82) is 0 Å². The van der Waals surface area contributed by atoms with E-state index in [1.165, 1.54) is 0 Å². The fourth-order valence-corrected chi connectivity index (χ4v) is 2.88. The lowest BCUT2D eigenvalue weighted by molar-refractivity contribution is -0.139. The van der Waals surface area contributed by atoms with Crippen LogP contribution in [0.25, 0.3) is 0 Å². The molecule has 1 fully saturated rings. The van der Waals surface area contributed by atoms with Crippen LogP contribution in [0.1, 0.15) is 30.9 Å². The molecule has 1 unspecified atom stereocenters. The number of likely N-dealkylation sites (tertiary alicyclic amines) is 1. The predicted molar refractivity (Wildman–Crippen MR) is 86.0 cm³/mol. The number of hydrogen-bond acceptors (Lipinski definition) is 3. The van der Waals surface area contributed by atoms with Gasteiger partial charge in [-0.15, -0.1) is 0 Å². The molecule has 5 heteroatoms. The Labute approximate surface area is 132 Å². The van der Waals surface area contributed by atoms with E-state index in [-0.39, 0.29) is 23.8 Å². The molecule has 0 spiro atoms. The third-order valence-electron chi connectivity index (χ3n) is 4.26. The first kappa shape index (κ1) is 16.5. The Morgan fingerprint density at radius 1 is 1.23 bits per heavy atom. The van der Waals surface area contributed by atoms with Crippen LogP contribution < -0.4 is 5.73 Å². The summed E-state index contributed by atoms with van der Waals surface area (Å²) >= 11 is 0. The number of nitrogens with zero attached hydrogens (tertiary/aromatic N) is 2. The van der Waals surface area contributed by atoms with E-state index in [0.717, 1.165) is 18.4 Å². The van der Waals surface area contributed by atoms with Crippen molar-refractivity contribution < 1.29 is 9.59 Å². The average molecular weight is 303 g/mol. The molecule has 120 valence electrons. The number of hydrogen-bond donors (Lipinski definition) is 1. The number of rotatable bonds is 4. The molecule has 1 aliphatic heterocycles. The zero-order valence-corrected chi connectivity index (χ0v) is 13.4. The van der Waals surface area contributed by atoms with Crippen LogP contribution in [0.15, 0.2) is 30.3 Å². The van der Waals surface area contributed by atoms with Crippen molar-refractivity contribution in [3.8, 4) is 0 Å². The second-order valence-electron chi connectivity index (χ2n) is 6.11. The summed E-state index contributed by atoms with van der Waals surface area (Å²) in [6.07, 6.45) is 1.79.